The SMILES string of the molecule is CCn1ccnc1CNC(C)(C)CCc1ccccc1. The Labute approximate surface area is 122 Å². The number of aryl methyl sites for hydroxylation is 2. The third-order valence-electron chi connectivity index (χ3n) is 3.75. The Hall–Kier alpha value is -1.61. The van der Waals surface area contributed by atoms with Gasteiger partial charge in [0, 0.05) is 24.5 Å². The van der Waals surface area contributed by atoms with E-state index in [0.29, 0.717) is 0 Å². The molecule has 0 fully saturated rings. The number of imidazole rings is 1. The molecule has 0 aliphatic rings. The second kappa shape index (κ2) is 6.71. The first-order valence-electron chi connectivity index (χ1n) is 7.40. The van der Waals surface area contributed by atoms with Crippen LogP contribution in [-0.4, -0.2) is 15.1 Å². The van der Waals surface area contributed by atoms with Crippen LogP contribution in [0.2, 0.25) is 0 Å². The quantitative estimate of drug-likeness (QED) is 0.836. The van der Waals surface area contributed by atoms with Crippen LogP contribution in [0.4, 0.5) is 0 Å². The van der Waals surface area contributed by atoms with Gasteiger partial charge >= 0.3 is 0 Å². The summed E-state index contributed by atoms with van der Waals surface area (Å²) < 4.78 is 2.18. The fourth-order valence-corrected chi connectivity index (χ4v) is 2.30. The molecule has 3 heteroatoms. The normalized spacial score (nSPS) is 11.8. The summed E-state index contributed by atoms with van der Waals surface area (Å²) in [4.78, 5) is 4.41. The van der Waals surface area contributed by atoms with Crippen LogP contribution >= 0.6 is 0 Å². The van der Waals surface area contributed by atoms with Gasteiger partial charge in [0.2, 0.25) is 0 Å². The minimum atomic E-state index is 0.111. The highest BCUT2D eigenvalue weighted by Gasteiger charge is 2.17. The Bertz CT molecular complexity index is 514. The van der Waals surface area contributed by atoms with Crippen molar-refractivity contribution in [1.82, 2.24) is 14.9 Å². The molecule has 0 unspecified atom stereocenters. The van der Waals surface area contributed by atoms with Gasteiger partial charge in [-0.1, -0.05) is 30.3 Å². The summed E-state index contributed by atoms with van der Waals surface area (Å²) in [6.45, 7) is 8.46. The van der Waals surface area contributed by atoms with Crippen LogP contribution in [-0.2, 0) is 19.5 Å². The summed E-state index contributed by atoms with van der Waals surface area (Å²) >= 11 is 0. The molecule has 0 saturated carbocycles. The lowest BCUT2D eigenvalue weighted by Crippen LogP contribution is -2.39. The summed E-state index contributed by atoms with van der Waals surface area (Å²) in [6.07, 6.45) is 6.12. The van der Waals surface area contributed by atoms with Crippen LogP contribution in [0.1, 0.15) is 38.6 Å². The first-order chi connectivity index (χ1) is 9.61. The maximum atomic E-state index is 4.41. The van der Waals surface area contributed by atoms with E-state index in [0.717, 1.165) is 31.8 Å². The monoisotopic (exact) mass is 271 g/mol. The van der Waals surface area contributed by atoms with Gasteiger partial charge in [-0.2, -0.15) is 0 Å². The third-order valence-corrected chi connectivity index (χ3v) is 3.75. The zero-order chi connectivity index (χ0) is 14.4. The van der Waals surface area contributed by atoms with Crippen molar-refractivity contribution >= 4 is 0 Å². The van der Waals surface area contributed by atoms with Crippen molar-refractivity contribution in [3.8, 4) is 0 Å². The molecule has 0 aliphatic heterocycles. The molecular formula is C17H25N3. The van der Waals surface area contributed by atoms with E-state index in [9.17, 15) is 0 Å². The van der Waals surface area contributed by atoms with Crippen molar-refractivity contribution in [3.63, 3.8) is 0 Å². The average Bonchev–Trinajstić information content (AvgIpc) is 2.92. The molecule has 2 aromatic rings. The predicted molar refractivity (Wildman–Crippen MR) is 83.6 cm³/mol. The molecular weight excluding hydrogens is 246 g/mol. The van der Waals surface area contributed by atoms with Gasteiger partial charge in [-0.15, -0.1) is 0 Å². The molecule has 0 amide bonds. The van der Waals surface area contributed by atoms with Crippen LogP contribution in [0, 0.1) is 0 Å². The second-order valence-corrected chi connectivity index (χ2v) is 5.85. The molecule has 1 heterocycles. The molecule has 0 saturated heterocycles. The standard InChI is InChI=1S/C17H25N3/c1-4-20-13-12-18-16(20)14-19-17(2,3)11-10-15-8-6-5-7-9-15/h5-9,12-13,19H,4,10-11,14H2,1-3H3. The van der Waals surface area contributed by atoms with Crippen LogP contribution < -0.4 is 5.32 Å². The molecule has 3 nitrogen and oxygen atoms in total. The zero-order valence-electron chi connectivity index (χ0n) is 12.8. The van der Waals surface area contributed by atoms with Crippen molar-refractivity contribution < 1.29 is 0 Å². The molecule has 2 rings (SSSR count). The molecule has 1 N–H and O–H groups in total. The maximum Gasteiger partial charge on any atom is 0.122 e. The van der Waals surface area contributed by atoms with E-state index in [1.807, 2.05) is 12.4 Å². The molecule has 0 radical (unpaired) electrons. The highest BCUT2D eigenvalue weighted by molar-refractivity contribution is 5.15. The molecule has 0 bridgehead atoms. The molecule has 108 valence electrons. The van der Waals surface area contributed by atoms with E-state index in [4.69, 9.17) is 0 Å². The van der Waals surface area contributed by atoms with E-state index < -0.39 is 0 Å². The van der Waals surface area contributed by atoms with E-state index in [1.165, 1.54) is 5.56 Å². The summed E-state index contributed by atoms with van der Waals surface area (Å²) in [5.74, 6) is 1.11. The highest BCUT2D eigenvalue weighted by atomic mass is 15.1. The van der Waals surface area contributed by atoms with E-state index in [2.05, 4.69) is 66.0 Å². The summed E-state index contributed by atoms with van der Waals surface area (Å²) in [5.41, 5.74) is 1.51. The van der Waals surface area contributed by atoms with Crippen molar-refractivity contribution in [2.45, 2.75) is 52.2 Å². The van der Waals surface area contributed by atoms with Crippen molar-refractivity contribution in [2.24, 2.45) is 0 Å². The molecule has 1 aromatic carbocycles. The Kier molecular flexibility index (Phi) is 4.96. The van der Waals surface area contributed by atoms with Gasteiger partial charge in [0.05, 0.1) is 6.54 Å². The molecule has 0 aliphatic carbocycles. The summed E-state index contributed by atoms with van der Waals surface area (Å²) in [6, 6.07) is 10.7. The average molecular weight is 271 g/mol. The fraction of sp³-hybridized carbons (Fsp3) is 0.471. The lowest BCUT2D eigenvalue weighted by Gasteiger charge is -2.26. The number of benzene rings is 1. The van der Waals surface area contributed by atoms with Crippen molar-refractivity contribution in [1.29, 1.82) is 0 Å². The van der Waals surface area contributed by atoms with Crippen LogP contribution in [0.25, 0.3) is 0 Å². The van der Waals surface area contributed by atoms with Gasteiger partial charge in [-0.05, 0) is 39.2 Å². The largest absolute Gasteiger partial charge is 0.334 e. The van der Waals surface area contributed by atoms with Gasteiger partial charge in [0.15, 0.2) is 0 Å². The Morgan fingerprint density at radius 3 is 2.65 bits per heavy atom. The Balaban J connectivity index is 1.84. The maximum absolute atomic E-state index is 4.41. The van der Waals surface area contributed by atoms with Crippen LogP contribution in [0.15, 0.2) is 42.7 Å². The first-order valence-corrected chi connectivity index (χ1v) is 7.40. The number of hydrogen-bond acceptors (Lipinski definition) is 2. The van der Waals surface area contributed by atoms with E-state index in [-0.39, 0.29) is 5.54 Å². The van der Waals surface area contributed by atoms with Gasteiger partial charge < -0.3 is 9.88 Å². The van der Waals surface area contributed by atoms with Crippen molar-refractivity contribution in [3.05, 3.63) is 54.1 Å². The minimum absolute atomic E-state index is 0.111. The highest BCUT2D eigenvalue weighted by Crippen LogP contribution is 2.14. The number of nitrogens with one attached hydrogen (secondary N) is 1. The zero-order valence-corrected chi connectivity index (χ0v) is 12.8. The predicted octanol–water partition coefficient (Wildman–Crippen LogP) is 3.40. The summed E-state index contributed by atoms with van der Waals surface area (Å²) in [7, 11) is 0. The van der Waals surface area contributed by atoms with Gasteiger partial charge in [-0.25, -0.2) is 4.98 Å². The Morgan fingerprint density at radius 2 is 1.95 bits per heavy atom. The molecule has 20 heavy (non-hydrogen) atoms. The minimum Gasteiger partial charge on any atom is -0.334 e. The number of rotatable bonds is 7. The Morgan fingerprint density at radius 1 is 1.20 bits per heavy atom. The third kappa shape index (κ3) is 4.20. The smallest absolute Gasteiger partial charge is 0.122 e. The summed E-state index contributed by atoms with van der Waals surface area (Å²) in [5, 5.41) is 3.62. The van der Waals surface area contributed by atoms with E-state index in [1.54, 1.807) is 0 Å². The van der Waals surface area contributed by atoms with Gasteiger partial charge in [-0.3, -0.25) is 0 Å². The topological polar surface area (TPSA) is 29.9 Å². The lowest BCUT2D eigenvalue weighted by atomic mass is 9.95. The van der Waals surface area contributed by atoms with Crippen molar-refractivity contribution in [2.75, 3.05) is 0 Å². The lowest BCUT2D eigenvalue weighted by molar-refractivity contribution is 0.353. The van der Waals surface area contributed by atoms with Gasteiger partial charge in [0.25, 0.3) is 0 Å². The number of nitrogens with zero attached hydrogens (tertiary/aromatic N) is 2. The number of hydrogen-bond donors (Lipinski definition) is 1. The van der Waals surface area contributed by atoms with Crippen LogP contribution in [0.5, 0.6) is 0 Å². The molecule has 0 atom stereocenters. The molecule has 1 aromatic heterocycles. The first kappa shape index (κ1) is 14.8. The van der Waals surface area contributed by atoms with E-state index >= 15 is 0 Å². The molecule has 0 spiro atoms. The number of aromatic nitrogens is 2. The van der Waals surface area contributed by atoms with Crippen LogP contribution in [0.3, 0.4) is 0 Å². The van der Waals surface area contributed by atoms with Gasteiger partial charge in [0.1, 0.15) is 5.82 Å². The second-order valence-electron chi connectivity index (χ2n) is 5.85. The fourth-order valence-electron chi connectivity index (χ4n) is 2.30.